The van der Waals surface area contributed by atoms with E-state index in [1.165, 1.54) is 38.1 Å². The molecule has 3 N–H and O–H groups in total. The number of aliphatic hydroxyl groups is 2. The SMILES string of the molecule is C/C=C(/C)C(=C(C)C)c1c(Cl)ccc2c(CCCOc3cccc4cc(F)ccc34)c(C(O)O)n(CCC)c12.CC.CC.CC.CC/C=C1\c2cccc(OCC=O)c2CN1C(CCC=O)C(=O)NC.CCCN(C)CCC. The van der Waals surface area contributed by atoms with E-state index in [4.69, 9.17) is 21.1 Å². The molecule has 5 aromatic rings. The van der Waals surface area contributed by atoms with Crippen molar-refractivity contribution in [1.82, 2.24) is 19.7 Å². The van der Waals surface area contributed by atoms with Crippen LogP contribution >= 0.6 is 11.6 Å². The Morgan fingerprint density at radius 2 is 1.50 bits per heavy atom. The van der Waals surface area contributed by atoms with Gasteiger partial charge in [-0.2, -0.15) is 0 Å². The monoisotopic (exact) mass is 1100 g/mol. The van der Waals surface area contributed by atoms with Gasteiger partial charge >= 0.3 is 0 Å². The van der Waals surface area contributed by atoms with E-state index in [2.05, 4.69) is 71.0 Å². The van der Waals surface area contributed by atoms with Gasteiger partial charge in [0, 0.05) is 59.7 Å². The molecule has 432 valence electrons. The Hall–Kier alpha value is -5.79. The third kappa shape index (κ3) is 19.5. The van der Waals surface area contributed by atoms with Crippen LogP contribution in [0.3, 0.4) is 0 Å². The molecule has 1 aliphatic rings. The van der Waals surface area contributed by atoms with Crippen molar-refractivity contribution in [3.63, 3.8) is 0 Å². The van der Waals surface area contributed by atoms with Gasteiger partial charge < -0.3 is 44.2 Å². The van der Waals surface area contributed by atoms with Gasteiger partial charge in [-0.05, 0) is 151 Å². The summed E-state index contributed by atoms with van der Waals surface area (Å²) in [5, 5.41) is 27.1. The molecule has 6 rings (SSSR count). The van der Waals surface area contributed by atoms with Crippen molar-refractivity contribution in [2.45, 2.75) is 174 Å². The summed E-state index contributed by atoms with van der Waals surface area (Å²) in [4.78, 5) is 38.2. The lowest BCUT2D eigenvalue weighted by molar-refractivity contribution is -0.125. The number of rotatable bonds is 23. The smallest absolute Gasteiger partial charge is 0.242 e. The molecule has 0 aliphatic carbocycles. The summed E-state index contributed by atoms with van der Waals surface area (Å²) >= 11 is 6.87. The van der Waals surface area contributed by atoms with Crippen molar-refractivity contribution in [1.29, 1.82) is 0 Å². The van der Waals surface area contributed by atoms with Gasteiger partial charge in [-0.1, -0.05) is 129 Å². The highest BCUT2D eigenvalue weighted by atomic mass is 35.5. The van der Waals surface area contributed by atoms with Gasteiger partial charge in [0.2, 0.25) is 5.91 Å². The summed E-state index contributed by atoms with van der Waals surface area (Å²) in [7, 11) is 3.77. The third-order valence-electron chi connectivity index (χ3n) is 12.7. The van der Waals surface area contributed by atoms with E-state index in [1.807, 2.05) is 113 Å². The number of amides is 1. The number of aromatic nitrogens is 1. The van der Waals surface area contributed by atoms with Gasteiger partial charge in [-0.15, -0.1) is 0 Å². The van der Waals surface area contributed by atoms with E-state index < -0.39 is 12.3 Å². The number of likely N-dealkylation sites (N-methyl/N-ethyl adjacent to an activating group) is 1. The number of allylic oxidation sites excluding steroid dienone is 5. The van der Waals surface area contributed by atoms with Gasteiger partial charge in [-0.3, -0.25) is 9.59 Å². The third-order valence-corrected chi connectivity index (χ3v) is 13.0. The molecule has 0 saturated heterocycles. The highest BCUT2D eigenvalue weighted by molar-refractivity contribution is 6.34. The van der Waals surface area contributed by atoms with Crippen LogP contribution in [0, 0.1) is 5.82 Å². The zero-order valence-corrected chi connectivity index (χ0v) is 51.0. The molecule has 1 aromatic heterocycles. The number of nitrogens with zero attached hydrogens (tertiary/aromatic N) is 3. The van der Waals surface area contributed by atoms with Crippen molar-refractivity contribution in [2.24, 2.45) is 0 Å². The van der Waals surface area contributed by atoms with E-state index in [9.17, 15) is 29.0 Å². The molecule has 11 nitrogen and oxygen atoms in total. The molecule has 4 aromatic carbocycles. The minimum atomic E-state index is -1.63. The molecule has 0 spiro atoms. The minimum absolute atomic E-state index is 0.00665. The summed E-state index contributed by atoms with van der Waals surface area (Å²) in [6.07, 6.45) is 10.3. The molecule has 1 unspecified atom stereocenters. The maximum atomic E-state index is 13.7. The summed E-state index contributed by atoms with van der Waals surface area (Å²) in [5.74, 6) is 0.957. The Morgan fingerprint density at radius 1 is 0.859 bits per heavy atom. The number of ether oxygens (including phenoxy) is 2. The summed E-state index contributed by atoms with van der Waals surface area (Å²) < 4.78 is 27.4. The zero-order valence-electron chi connectivity index (χ0n) is 50.2. The summed E-state index contributed by atoms with van der Waals surface area (Å²) in [6, 6.07) is 19.4. The molecule has 0 saturated carbocycles. The fourth-order valence-corrected chi connectivity index (χ4v) is 9.81. The maximum absolute atomic E-state index is 13.7. The summed E-state index contributed by atoms with van der Waals surface area (Å²) in [5.41, 5.74) is 9.50. The van der Waals surface area contributed by atoms with E-state index in [0.29, 0.717) is 73.9 Å². The number of hydrogen-bond donors (Lipinski definition) is 3. The Morgan fingerprint density at radius 3 is 2.06 bits per heavy atom. The van der Waals surface area contributed by atoms with Gasteiger partial charge in [0.15, 0.2) is 12.6 Å². The number of benzene rings is 4. The first-order valence-corrected chi connectivity index (χ1v) is 28.9. The van der Waals surface area contributed by atoms with Crippen LogP contribution in [-0.2, 0) is 33.9 Å². The number of nitrogens with one attached hydrogen (secondary N) is 1. The molecule has 78 heavy (non-hydrogen) atoms. The second-order valence-corrected chi connectivity index (χ2v) is 18.6. The van der Waals surface area contributed by atoms with Crippen molar-refractivity contribution in [2.75, 3.05) is 40.4 Å². The van der Waals surface area contributed by atoms with Crippen LogP contribution in [0.25, 0.3) is 32.9 Å². The molecular formula is C65H96ClFN4O7. The topological polar surface area (TPSA) is 134 Å². The largest absolute Gasteiger partial charge is 0.493 e. The Labute approximate surface area is 473 Å². The first-order chi connectivity index (χ1) is 37.7. The van der Waals surface area contributed by atoms with Crippen LogP contribution in [0.2, 0.25) is 5.02 Å². The Balaban J connectivity index is 0.000000666. The molecule has 0 bridgehead atoms. The molecule has 2 heterocycles. The second-order valence-electron chi connectivity index (χ2n) is 18.2. The molecule has 0 radical (unpaired) electrons. The number of aliphatic hydroxyl groups excluding tert-OH is 1. The van der Waals surface area contributed by atoms with Crippen molar-refractivity contribution < 1.29 is 38.5 Å². The normalized spacial score (nSPS) is 12.4. The van der Waals surface area contributed by atoms with Crippen LogP contribution in [0.4, 0.5) is 4.39 Å². The van der Waals surface area contributed by atoms with Gasteiger partial charge in [0.1, 0.15) is 36.3 Å². The molecule has 0 fully saturated rings. The van der Waals surface area contributed by atoms with Crippen LogP contribution in [-0.4, -0.2) is 89.5 Å². The van der Waals surface area contributed by atoms with Crippen molar-refractivity contribution >= 4 is 63.0 Å². The van der Waals surface area contributed by atoms with Gasteiger partial charge in [0.05, 0.1) is 22.8 Å². The lowest BCUT2D eigenvalue weighted by Crippen LogP contribution is -2.43. The number of carbonyl (C=O) groups excluding carboxylic acids is 3. The highest BCUT2D eigenvalue weighted by Gasteiger charge is 2.34. The number of fused-ring (bicyclic) bond motifs is 3. The van der Waals surface area contributed by atoms with Crippen LogP contribution in [0.15, 0.2) is 90.0 Å². The van der Waals surface area contributed by atoms with E-state index in [0.717, 1.165) is 85.5 Å². The van der Waals surface area contributed by atoms with Crippen molar-refractivity contribution in [3.8, 4) is 11.5 Å². The highest BCUT2D eigenvalue weighted by Crippen LogP contribution is 2.43. The first-order valence-electron chi connectivity index (χ1n) is 28.5. The predicted molar refractivity (Wildman–Crippen MR) is 327 cm³/mol. The number of halogens is 2. The second kappa shape index (κ2) is 38.7. The first kappa shape index (κ1) is 70.2. The zero-order chi connectivity index (χ0) is 58.9. The lowest BCUT2D eigenvalue weighted by Gasteiger charge is -2.29. The quantitative estimate of drug-likeness (QED) is 0.0253. The van der Waals surface area contributed by atoms with Crippen LogP contribution in [0.5, 0.6) is 11.5 Å². The number of carbonyl (C=O) groups is 3. The van der Waals surface area contributed by atoms with E-state index >= 15 is 0 Å². The molecule has 1 aliphatic heterocycles. The van der Waals surface area contributed by atoms with Crippen LogP contribution in [0.1, 0.15) is 176 Å². The number of hydrogen-bond acceptors (Lipinski definition) is 9. The van der Waals surface area contributed by atoms with Gasteiger partial charge in [-0.25, -0.2) is 4.39 Å². The molecule has 1 atom stereocenters. The van der Waals surface area contributed by atoms with Crippen molar-refractivity contribution in [3.05, 3.63) is 129 Å². The lowest BCUT2D eigenvalue weighted by atomic mass is 9.92. The molecular weight excluding hydrogens is 1000 g/mol. The summed E-state index contributed by atoms with van der Waals surface area (Å²) in [6.45, 7) is 32.8. The average molecular weight is 1100 g/mol. The van der Waals surface area contributed by atoms with E-state index in [-0.39, 0.29) is 18.3 Å². The molecule has 13 heteroatoms. The van der Waals surface area contributed by atoms with Gasteiger partial charge in [0.25, 0.3) is 0 Å². The fourth-order valence-electron chi connectivity index (χ4n) is 9.56. The number of aldehydes is 2. The molecule has 1 amide bonds. The maximum Gasteiger partial charge on any atom is 0.242 e. The Bertz CT molecular complexity index is 2680. The number of aryl methyl sites for hydroxylation is 2. The average Bonchev–Trinajstić information content (AvgIpc) is 4.02. The van der Waals surface area contributed by atoms with E-state index in [1.54, 1.807) is 13.1 Å². The Kier molecular flexibility index (Phi) is 34.9. The van der Waals surface area contributed by atoms with Crippen LogP contribution < -0.4 is 14.8 Å². The fraction of sp³-hybridized carbons (Fsp3) is 0.492. The predicted octanol–water partition coefficient (Wildman–Crippen LogP) is 15.5. The standard InChI is InChI=1S/C33H37ClFNO3.C19H24N2O4.C7H17N.3C2H6/c1-6-17-36-31-26(15-16-27(34)30(31)29(20(3)4)21(5)7-2)25(32(36)33(37)38)11-9-18-39-28-12-8-10-22-19-23(35)13-14-24(22)28;1-3-6-16-14-7-4-9-18(25-12-11-23)15(14)13-21(16)17(8-5-10-22)19(24)20-2;1-4-6-8(3)7-5-2;3*1-2/h7-8,10,12-16,19,33,37-38H,6,9,11,17-18H2,1-5H3;4,6-7,9-11,17H,3,5,8,12-13H2,1-2H3,(H,20,24);4-7H2,1-3H3;3*1-2H3/b21-7-;16-6+;;;;. The minimum Gasteiger partial charge on any atom is -0.493 e.